The van der Waals surface area contributed by atoms with E-state index in [2.05, 4.69) is 10.3 Å². The van der Waals surface area contributed by atoms with Gasteiger partial charge in [0.25, 0.3) is 11.5 Å². The van der Waals surface area contributed by atoms with Crippen molar-refractivity contribution in [2.75, 3.05) is 5.32 Å². The Morgan fingerprint density at radius 1 is 1.23 bits per heavy atom. The Morgan fingerprint density at radius 3 is 2.58 bits per heavy atom. The van der Waals surface area contributed by atoms with Gasteiger partial charge >= 0.3 is 5.97 Å². The number of rotatable bonds is 6. The normalized spacial score (nSPS) is 13.1. The molecule has 0 spiro atoms. The number of ether oxygens (including phenoxy) is 1. The third kappa shape index (κ3) is 4.54. The zero-order chi connectivity index (χ0) is 22.9. The molecule has 0 aliphatic heterocycles. The number of carbonyl (C=O) groups is 2. The summed E-state index contributed by atoms with van der Waals surface area (Å²) in [5.74, 6) is -0.777. The number of nitrogens with zero attached hydrogens (tertiary/aromatic N) is 2. The van der Waals surface area contributed by atoms with E-state index in [0.29, 0.717) is 27.1 Å². The Kier molecular flexibility index (Phi) is 6.59. The first-order valence-corrected chi connectivity index (χ1v) is 11.0. The summed E-state index contributed by atoms with van der Waals surface area (Å²) in [7, 11) is 0. The highest BCUT2D eigenvalue weighted by molar-refractivity contribution is 7.20. The zero-order valence-electron chi connectivity index (χ0n) is 18.6. The van der Waals surface area contributed by atoms with Crippen LogP contribution in [0.3, 0.4) is 0 Å². The van der Waals surface area contributed by atoms with Crippen molar-refractivity contribution in [1.82, 2.24) is 9.55 Å². The minimum absolute atomic E-state index is 0.231. The highest BCUT2D eigenvalue weighted by Gasteiger charge is 2.24. The third-order valence-corrected chi connectivity index (χ3v) is 6.56. The molecule has 7 nitrogen and oxygen atoms in total. The summed E-state index contributed by atoms with van der Waals surface area (Å²) in [6, 6.07) is 4.97. The molecule has 3 rings (SSSR count). The van der Waals surface area contributed by atoms with Gasteiger partial charge in [0.05, 0.1) is 22.7 Å². The molecular formula is C23H27N3O4S. The monoisotopic (exact) mass is 441 g/mol. The molecule has 1 amide bonds. The standard InChI is InChI=1S/C23H27N3O4S/c1-7-14(4)30-23(29)16(6)26-11-24-21-18(22(26)28)15(5)19(31-21)20(27)25-17-9-8-12(2)10-13(17)3/h8-11,14,16H,7H2,1-6H3,(H,25,27). The van der Waals surface area contributed by atoms with Crippen LogP contribution in [0.1, 0.15) is 59.6 Å². The lowest BCUT2D eigenvalue weighted by molar-refractivity contribution is -0.152. The largest absolute Gasteiger partial charge is 0.461 e. The number of hydrogen-bond donors (Lipinski definition) is 1. The van der Waals surface area contributed by atoms with Gasteiger partial charge in [-0.05, 0) is 58.2 Å². The molecule has 2 unspecified atom stereocenters. The summed E-state index contributed by atoms with van der Waals surface area (Å²) in [6.07, 6.45) is 1.80. The van der Waals surface area contributed by atoms with E-state index in [9.17, 15) is 14.4 Å². The fourth-order valence-electron chi connectivity index (χ4n) is 3.26. The molecule has 0 radical (unpaired) electrons. The molecule has 2 heterocycles. The number of fused-ring (bicyclic) bond motifs is 1. The summed E-state index contributed by atoms with van der Waals surface area (Å²) in [6.45, 7) is 11.0. The summed E-state index contributed by atoms with van der Waals surface area (Å²) in [4.78, 5) is 43.7. The van der Waals surface area contributed by atoms with Crippen LogP contribution in [-0.4, -0.2) is 27.5 Å². The van der Waals surface area contributed by atoms with Crippen molar-refractivity contribution in [2.24, 2.45) is 0 Å². The lowest BCUT2D eigenvalue weighted by Crippen LogP contribution is -2.31. The van der Waals surface area contributed by atoms with E-state index in [1.54, 1.807) is 20.8 Å². The van der Waals surface area contributed by atoms with Crippen LogP contribution < -0.4 is 10.9 Å². The Balaban J connectivity index is 1.95. The number of amides is 1. The number of aromatic nitrogens is 2. The second kappa shape index (κ2) is 9.01. The first-order chi connectivity index (χ1) is 14.6. The Hall–Kier alpha value is -3.00. The highest BCUT2D eigenvalue weighted by Crippen LogP contribution is 2.28. The number of nitrogens with one attached hydrogen (secondary N) is 1. The first kappa shape index (κ1) is 22.7. The van der Waals surface area contributed by atoms with E-state index in [-0.39, 0.29) is 17.6 Å². The number of aryl methyl sites for hydroxylation is 3. The zero-order valence-corrected chi connectivity index (χ0v) is 19.4. The van der Waals surface area contributed by atoms with Crippen LogP contribution in [0.5, 0.6) is 0 Å². The summed E-state index contributed by atoms with van der Waals surface area (Å²) in [5.41, 5.74) is 2.98. The molecule has 1 N–H and O–H groups in total. The maximum absolute atomic E-state index is 13.1. The van der Waals surface area contributed by atoms with Crippen molar-refractivity contribution in [3.05, 3.63) is 56.4 Å². The molecule has 31 heavy (non-hydrogen) atoms. The van der Waals surface area contributed by atoms with E-state index in [1.165, 1.54) is 10.9 Å². The number of hydrogen-bond acceptors (Lipinski definition) is 6. The van der Waals surface area contributed by atoms with Gasteiger partial charge in [-0.25, -0.2) is 9.78 Å². The van der Waals surface area contributed by atoms with E-state index >= 15 is 0 Å². The van der Waals surface area contributed by atoms with E-state index < -0.39 is 12.0 Å². The van der Waals surface area contributed by atoms with Gasteiger partial charge < -0.3 is 10.1 Å². The average Bonchev–Trinajstić information content (AvgIpc) is 3.07. The van der Waals surface area contributed by atoms with Crippen molar-refractivity contribution in [3.63, 3.8) is 0 Å². The van der Waals surface area contributed by atoms with Crippen LogP contribution >= 0.6 is 11.3 Å². The van der Waals surface area contributed by atoms with Crippen molar-refractivity contribution in [2.45, 2.75) is 60.1 Å². The molecule has 0 bridgehead atoms. The molecule has 0 aliphatic rings. The lowest BCUT2D eigenvalue weighted by Gasteiger charge is -2.17. The number of anilines is 1. The van der Waals surface area contributed by atoms with Gasteiger partial charge in [0.1, 0.15) is 10.9 Å². The van der Waals surface area contributed by atoms with Crippen LogP contribution in [0.25, 0.3) is 10.2 Å². The molecule has 0 aliphatic carbocycles. The minimum atomic E-state index is -0.815. The molecule has 164 valence electrons. The summed E-state index contributed by atoms with van der Waals surface area (Å²) >= 11 is 1.16. The molecule has 2 aromatic heterocycles. The summed E-state index contributed by atoms with van der Waals surface area (Å²) < 4.78 is 6.62. The first-order valence-electron chi connectivity index (χ1n) is 10.2. The molecule has 8 heteroatoms. The van der Waals surface area contributed by atoms with Crippen LogP contribution in [0.4, 0.5) is 5.69 Å². The Morgan fingerprint density at radius 2 is 1.94 bits per heavy atom. The third-order valence-electron chi connectivity index (χ3n) is 5.36. The van der Waals surface area contributed by atoms with Crippen molar-refractivity contribution in [1.29, 1.82) is 0 Å². The molecule has 3 aromatic rings. The van der Waals surface area contributed by atoms with Crippen LogP contribution in [0.2, 0.25) is 0 Å². The topological polar surface area (TPSA) is 90.3 Å². The van der Waals surface area contributed by atoms with Crippen LogP contribution in [-0.2, 0) is 9.53 Å². The second-order valence-electron chi connectivity index (χ2n) is 7.80. The number of benzene rings is 1. The lowest BCUT2D eigenvalue weighted by atomic mass is 10.1. The second-order valence-corrected chi connectivity index (χ2v) is 8.80. The molecule has 0 saturated heterocycles. The predicted molar refractivity (Wildman–Crippen MR) is 123 cm³/mol. The van der Waals surface area contributed by atoms with Crippen molar-refractivity contribution in [3.8, 4) is 0 Å². The van der Waals surface area contributed by atoms with Crippen molar-refractivity contribution < 1.29 is 14.3 Å². The van der Waals surface area contributed by atoms with E-state index in [4.69, 9.17) is 4.74 Å². The van der Waals surface area contributed by atoms with Crippen LogP contribution in [0, 0.1) is 20.8 Å². The molecular weight excluding hydrogens is 414 g/mol. The molecule has 2 atom stereocenters. The van der Waals surface area contributed by atoms with Crippen LogP contribution in [0.15, 0.2) is 29.3 Å². The van der Waals surface area contributed by atoms with Gasteiger partial charge in [-0.1, -0.05) is 24.6 Å². The van der Waals surface area contributed by atoms with Gasteiger partial charge in [-0.15, -0.1) is 11.3 Å². The van der Waals surface area contributed by atoms with Gasteiger partial charge in [-0.2, -0.15) is 0 Å². The number of thiophene rings is 1. The van der Waals surface area contributed by atoms with Gasteiger partial charge in [-0.3, -0.25) is 14.2 Å². The fraction of sp³-hybridized carbons (Fsp3) is 0.391. The van der Waals surface area contributed by atoms with E-state index in [1.807, 2.05) is 39.0 Å². The Bertz CT molecular complexity index is 1210. The van der Waals surface area contributed by atoms with Gasteiger partial charge in [0.15, 0.2) is 0 Å². The van der Waals surface area contributed by atoms with E-state index in [0.717, 1.165) is 28.2 Å². The quantitative estimate of drug-likeness (QED) is 0.567. The number of esters is 1. The van der Waals surface area contributed by atoms with Gasteiger partial charge in [0, 0.05) is 5.69 Å². The molecule has 0 fully saturated rings. The SMILES string of the molecule is CCC(C)OC(=O)C(C)n1cnc2sc(C(=O)Nc3ccc(C)cc3C)c(C)c2c1=O. The fourth-order valence-corrected chi connectivity index (χ4v) is 4.29. The highest BCUT2D eigenvalue weighted by atomic mass is 32.1. The maximum Gasteiger partial charge on any atom is 0.329 e. The Labute approximate surface area is 185 Å². The smallest absolute Gasteiger partial charge is 0.329 e. The number of carbonyl (C=O) groups excluding carboxylic acids is 2. The maximum atomic E-state index is 13.1. The van der Waals surface area contributed by atoms with Crippen molar-refractivity contribution >= 4 is 39.1 Å². The average molecular weight is 442 g/mol. The molecule has 1 aromatic carbocycles. The minimum Gasteiger partial charge on any atom is -0.461 e. The predicted octanol–water partition coefficient (Wildman–Crippen LogP) is 4.54. The molecule has 0 saturated carbocycles. The summed E-state index contributed by atoms with van der Waals surface area (Å²) in [5, 5.41) is 3.27. The van der Waals surface area contributed by atoms with Gasteiger partial charge in [0.2, 0.25) is 0 Å².